The van der Waals surface area contributed by atoms with Crippen molar-refractivity contribution in [3.63, 3.8) is 0 Å². The van der Waals surface area contributed by atoms with Gasteiger partial charge >= 0.3 is 5.97 Å². The van der Waals surface area contributed by atoms with E-state index in [4.69, 9.17) is 10.5 Å². The number of esters is 1. The van der Waals surface area contributed by atoms with Gasteiger partial charge < -0.3 is 20.2 Å². The molecule has 0 saturated carbocycles. The van der Waals surface area contributed by atoms with Crippen molar-refractivity contribution < 1.29 is 9.53 Å². The summed E-state index contributed by atoms with van der Waals surface area (Å²) in [6.07, 6.45) is 2.47. The number of nitrogens with one attached hydrogen (secondary N) is 1. The lowest BCUT2D eigenvalue weighted by molar-refractivity contribution is 0.0597. The first kappa shape index (κ1) is 12.4. The Morgan fingerprint density at radius 3 is 3.00 bits per heavy atom. The summed E-state index contributed by atoms with van der Waals surface area (Å²) < 4.78 is 6.56. The number of nitrogens with two attached hydrogens (primary N) is 1. The highest BCUT2D eigenvalue weighted by Gasteiger charge is 2.17. The number of anilines is 1. The maximum absolute atomic E-state index is 11.7. The van der Waals surface area contributed by atoms with E-state index in [1.807, 2.05) is 11.4 Å². The molecule has 0 bridgehead atoms. The maximum atomic E-state index is 11.7. The summed E-state index contributed by atoms with van der Waals surface area (Å²) in [6, 6.07) is 3.52. The summed E-state index contributed by atoms with van der Waals surface area (Å²) in [5, 5.41) is 3.05. The molecular formula is C12H16N4O2. The van der Waals surface area contributed by atoms with Crippen molar-refractivity contribution in [1.82, 2.24) is 14.7 Å². The number of carbonyl (C=O) groups is 1. The first-order valence-electron chi connectivity index (χ1n) is 5.66. The second kappa shape index (κ2) is 5.05. The van der Waals surface area contributed by atoms with Gasteiger partial charge in [0, 0.05) is 24.8 Å². The van der Waals surface area contributed by atoms with Crippen LogP contribution in [0.25, 0.3) is 5.52 Å². The largest absolute Gasteiger partial charge is 0.464 e. The SMILES string of the molecule is CNCCc1nc(C(=O)OC)c2ccc(N)cn12. The van der Waals surface area contributed by atoms with Gasteiger partial charge in [-0.1, -0.05) is 0 Å². The van der Waals surface area contributed by atoms with Gasteiger partial charge in [-0.25, -0.2) is 9.78 Å². The van der Waals surface area contributed by atoms with E-state index in [2.05, 4.69) is 10.3 Å². The Labute approximate surface area is 105 Å². The topological polar surface area (TPSA) is 81.6 Å². The van der Waals surface area contributed by atoms with Crippen molar-refractivity contribution in [2.45, 2.75) is 6.42 Å². The molecule has 0 aromatic carbocycles. The summed E-state index contributed by atoms with van der Waals surface area (Å²) in [4.78, 5) is 16.0. The number of likely N-dealkylation sites (N-methyl/N-ethyl adjacent to an activating group) is 1. The van der Waals surface area contributed by atoms with Crippen LogP contribution in [0.15, 0.2) is 18.3 Å². The van der Waals surface area contributed by atoms with Gasteiger partial charge in [-0.15, -0.1) is 0 Å². The minimum Gasteiger partial charge on any atom is -0.464 e. The Morgan fingerprint density at radius 2 is 2.33 bits per heavy atom. The summed E-state index contributed by atoms with van der Waals surface area (Å²) in [7, 11) is 3.21. The van der Waals surface area contributed by atoms with Gasteiger partial charge in [0.2, 0.25) is 0 Å². The molecule has 2 aromatic heterocycles. The second-order valence-corrected chi connectivity index (χ2v) is 3.94. The third kappa shape index (κ3) is 2.14. The smallest absolute Gasteiger partial charge is 0.358 e. The van der Waals surface area contributed by atoms with Crippen LogP contribution in [0.2, 0.25) is 0 Å². The fourth-order valence-electron chi connectivity index (χ4n) is 1.82. The minimum atomic E-state index is -0.437. The number of aromatic nitrogens is 2. The summed E-state index contributed by atoms with van der Waals surface area (Å²) >= 11 is 0. The van der Waals surface area contributed by atoms with E-state index in [-0.39, 0.29) is 0 Å². The predicted octanol–water partition coefficient (Wildman–Crippen LogP) is 0.465. The van der Waals surface area contributed by atoms with Crippen LogP contribution in [0.3, 0.4) is 0 Å². The van der Waals surface area contributed by atoms with Crippen molar-refractivity contribution in [2.75, 3.05) is 26.4 Å². The van der Waals surface area contributed by atoms with Gasteiger partial charge in [-0.2, -0.15) is 0 Å². The van der Waals surface area contributed by atoms with Gasteiger partial charge in [0.1, 0.15) is 5.82 Å². The number of rotatable bonds is 4. The lowest BCUT2D eigenvalue weighted by Crippen LogP contribution is -2.12. The van der Waals surface area contributed by atoms with E-state index in [1.54, 1.807) is 18.3 Å². The number of carbonyl (C=O) groups excluding carboxylic acids is 1. The average molecular weight is 248 g/mol. The molecule has 96 valence electrons. The molecule has 2 aromatic rings. The lowest BCUT2D eigenvalue weighted by atomic mass is 10.3. The van der Waals surface area contributed by atoms with E-state index >= 15 is 0 Å². The zero-order chi connectivity index (χ0) is 13.1. The predicted molar refractivity (Wildman–Crippen MR) is 68.6 cm³/mol. The van der Waals surface area contributed by atoms with Crippen LogP contribution < -0.4 is 11.1 Å². The standard InChI is InChI=1S/C12H16N4O2/c1-14-6-5-10-15-11(12(17)18-2)9-4-3-8(13)7-16(9)10/h3-4,7,14H,5-6,13H2,1-2H3. The second-order valence-electron chi connectivity index (χ2n) is 3.94. The van der Waals surface area contributed by atoms with Crippen LogP contribution in [0.1, 0.15) is 16.3 Å². The van der Waals surface area contributed by atoms with Gasteiger partial charge in [0.05, 0.1) is 12.6 Å². The molecule has 2 heterocycles. The summed E-state index contributed by atoms with van der Waals surface area (Å²) in [5.74, 6) is 0.347. The Morgan fingerprint density at radius 1 is 1.56 bits per heavy atom. The van der Waals surface area contributed by atoms with Crippen molar-refractivity contribution in [3.8, 4) is 0 Å². The van der Waals surface area contributed by atoms with E-state index < -0.39 is 5.97 Å². The molecule has 0 saturated heterocycles. The number of pyridine rings is 1. The van der Waals surface area contributed by atoms with Gasteiger partial charge in [0.25, 0.3) is 0 Å². The Bertz CT molecular complexity index is 577. The van der Waals surface area contributed by atoms with Crippen LogP contribution in [0.4, 0.5) is 5.69 Å². The van der Waals surface area contributed by atoms with Gasteiger partial charge in [-0.05, 0) is 19.2 Å². The van der Waals surface area contributed by atoms with Crippen LogP contribution in [0, 0.1) is 0 Å². The molecule has 0 fully saturated rings. The molecule has 0 radical (unpaired) electrons. The van der Waals surface area contributed by atoms with Crippen molar-refractivity contribution >= 4 is 17.2 Å². The third-order valence-corrected chi connectivity index (χ3v) is 2.71. The molecule has 0 aliphatic carbocycles. The molecular weight excluding hydrogens is 232 g/mol. The Kier molecular flexibility index (Phi) is 3.47. The highest BCUT2D eigenvalue weighted by atomic mass is 16.5. The summed E-state index contributed by atoms with van der Waals surface area (Å²) in [6.45, 7) is 0.772. The van der Waals surface area contributed by atoms with Crippen molar-refractivity contribution in [3.05, 3.63) is 29.8 Å². The number of hydrogen-bond acceptors (Lipinski definition) is 5. The van der Waals surface area contributed by atoms with E-state index in [0.29, 0.717) is 23.3 Å². The van der Waals surface area contributed by atoms with Crippen molar-refractivity contribution in [2.24, 2.45) is 0 Å². The summed E-state index contributed by atoms with van der Waals surface area (Å²) in [5.41, 5.74) is 7.42. The Balaban J connectivity index is 2.55. The number of methoxy groups -OCH3 is 1. The molecule has 0 amide bonds. The fraction of sp³-hybridized carbons (Fsp3) is 0.333. The Hall–Kier alpha value is -2.08. The van der Waals surface area contributed by atoms with Gasteiger partial charge in [0.15, 0.2) is 5.69 Å². The fourth-order valence-corrected chi connectivity index (χ4v) is 1.82. The normalized spacial score (nSPS) is 10.8. The molecule has 0 aliphatic rings. The number of nitrogen functional groups attached to an aromatic ring is 1. The molecule has 0 aliphatic heterocycles. The molecule has 0 unspecified atom stereocenters. The van der Waals surface area contributed by atoms with Crippen LogP contribution >= 0.6 is 0 Å². The highest BCUT2D eigenvalue weighted by molar-refractivity contribution is 5.95. The average Bonchev–Trinajstić information content (AvgIpc) is 2.73. The quantitative estimate of drug-likeness (QED) is 0.768. The van der Waals surface area contributed by atoms with Gasteiger partial charge in [-0.3, -0.25) is 0 Å². The lowest BCUT2D eigenvalue weighted by Gasteiger charge is -2.01. The first-order chi connectivity index (χ1) is 8.67. The van der Waals surface area contributed by atoms with Crippen LogP contribution in [-0.4, -0.2) is 36.1 Å². The molecule has 6 nitrogen and oxygen atoms in total. The van der Waals surface area contributed by atoms with Crippen LogP contribution in [0.5, 0.6) is 0 Å². The number of ether oxygens (including phenoxy) is 1. The van der Waals surface area contributed by atoms with E-state index in [9.17, 15) is 4.79 Å². The van der Waals surface area contributed by atoms with E-state index in [1.165, 1.54) is 7.11 Å². The highest BCUT2D eigenvalue weighted by Crippen LogP contribution is 2.17. The third-order valence-electron chi connectivity index (χ3n) is 2.71. The van der Waals surface area contributed by atoms with Crippen LogP contribution in [-0.2, 0) is 11.2 Å². The molecule has 0 atom stereocenters. The number of nitrogens with zero attached hydrogens (tertiary/aromatic N) is 2. The number of imidazole rings is 1. The molecule has 18 heavy (non-hydrogen) atoms. The van der Waals surface area contributed by atoms with Crippen molar-refractivity contribution in [1.29, 1.82) is 0 Å². The minimum absolute atomic E-state index is 0.323. The molecule has 0 spiro atoms. The zero-order valence-electron chi connectivity index (χ0n) is 10.4. The number of fused-ring (bicyclic) bond motifs is 1. The maximum Gasteiger partial charge on any atom is 0.358 e. The molecule has 6 heteroatoms. The molecule has 2 rings (SSSR count). The zero-order valence-corrected chi connectivity index (χ0v) is 10.4. The van der Waals surface area contributed by atoms with E-state index in [0.717, 1.165) is 12.4 Å². The monoisotopic (exact) mass is 248 g/mol. The first-order valence-corrected chi connectivity index (χ1v) is 5.66. The molecule has 3 N–H and O–H groups in total. The number of hydrogen-bond donors (Lipinski definition) is 2.